The van der Waals surface area contributed by atoms with Gasteiger partial charge in [-0.15, -0.1) is 0 Å². The average Bonchev–Trinajstić information content (AvgIpc) is 1.83. The van der Waals surface area contributed by atoms with Crippen LogP contribution in [-0.2, 0) is 10.0 Å². The van der Waals surface area contributed by atoms with Crippen LogP contribution in [0.4, 0.5) is 0 Å². The summed E-state index contributed by atoms with van der Waals surface area (Å²) < 4.78 is 25.4. The van der Waals surface area contributed by atoms with Gasteiger partial charge >= 0.3 is 0 Å². The zero-order valence-electron chi connectivity index (χ0n) is 9.22. The predicted octanol–water partition coefficient (Wildman–Crippen LogP) is 1.75. The summed E-state index contributed by atoms with van der Waals surface area (Å²) in [4.78, 5) is 0. The molecule has 0 aromatic heterocycles. The molecule has 0 bridgehead atoms. The van der Waals surface area contributed by atoms with Crippen molar-refractivity contribution >= 4 is 10.0 Å². The highest BCUT2D eigenvalue weighted by Gasteiger charge is 2.23. The van der Waals surface area contributed by atoms with Crippen molar-refractivity contribution in [1.29, 1.82) is 0 Å². The fraction of sp³-hybridized carbons (Fsp3) is 1.00. The molecule has 0 aliphatic rings. The van der Waals surface area contributed by atoms with Gasteiger partial charge in [-0.05, 0) is 18.8 Å². The van der Waals surface area contributed by atoms with Crippen molar-refractivity contribution in [3.05, 3.63) is 0 Å². The number of hydrogen-bond donors (Lipinski definition) is 1. The Morgan fingerprint density at radius 2 is 1.77 bits per heavy atom. The van der Waals surface area contributed by atoms with Crippen molar-refractivity contribution in [1.82, 2.24) is 4.72 Å². The van der Waals surface area contributed by atoms with Crippen molar-refractivity contribution in [3.63, 3.8) is 0 Å². The van der Waals surface area contributed by atoms with E-state index in [4.69, 9.17) is 0 Å². The van der Waals surface area contributed by atoms with Gasteiger partial charge in [0.1, 0.15) is 0 Å². The van der Waals surface area contributed by atoms with Crippen molar-refractivity contribution in [2.75, 3.05) is 5.75 Å². The zero-order chi connectivity index (χ0) is 10.7. The molecular formula is C9H21NO2S. The fourth-order valence-electron chi connectivity index (χ4n) is 0.774. The molecule has 1 atom stereocenters. The first kappa shape index (κ1) is 12.9. The highest BCUT2D eigenvalue weighted by atomic mass is 32.2. The Labute approximate surface area is 82.0 Å². The van der Waals surface area contributed by atoms with Crippen LogP contribution >= 0.6 is 0 Å². The van der Waals surface area contributed by atoms with E-state index in [2.05, 4.69) is 4.72 Å². The molecule has 0 aromatic carbocycles. The highest BCUT2D eigenvalue weighted by molar-refractivity contribution is 7.89. The number of rotatable bonds is 4. The quantitative estimate of drug-likeness (QED) is 0.763. The van der Waals surface area contributed by atoms with E-state index in [0.29, 0.717) is 6.42 Å². The van der Waals surface area contributed by atoms with Crippen LogP contribution < -0.4 is 4.72 Å². The minimum Gasteiger partial charge on any atom is -0.212 e. The summed E-state index contributed by atoms with van der Waals surface area (Å²) in [5, 5.41) is 0. The Hall–Kier alpha value is -0.0900. The molecule has 0 fully saturated rings. The molecule has 0 spiro atoms. The molecule has 13 heavy (non-hydrogen) atoms. The maximum Gasteiger partial charge on any atom is 0.211 e. The number of nitrogens with one attached hydrogen (secondary N) is 1. The Morgan fingerprint density at radius 1 is 1.31 bits per heavy atom. The average molecular weight is 207 g/mol. The minimum absolute atomic E-state index is 0.0240. The van der Waals surface area contributed by atoms with Gasteiger partial charge in [-0.1, -0.05) is 27.7 Å². The first-order valence-electron chi connectivity index (χ1n) is 4.69. The van der Waals surface area contributed by atoms with Crippen LogP contribution in [0.25, 0.3) is 0 Å². The summed E-state index contributed by atoms with van der Waals surface area (Å²) in [5.41, 5.74) is -0.0270. The van der Waals surface area contributed by atoms with E-state index >= 15 is 0 Å². The third-order valence-electron chi connectivity index (χ3n) is 2.13. The maximum atomic E-state index is 11.4. The summed E-state index contributed by atoms with van der Waals surface area (Å²) in [7, 11) is -3.06. The van der Waals surface area contributed by atoms with E-state index in [1.54, 1.807) is 0 Å². The van der Waals surface area contributed by atoms with Gasteiger partial charge in [0, 0.05) is 6.04 Å². The third kappa shape index (κ3) is 5.26. The van der Waals surface area contributed by atoms with Crippen LogP contribution in [0.3, 0.4) is 0 Å². The fourth-order valence-corrected chi connectivity index (χ4v) is 2.32. The van der Waals surface area contributed by atoms with Gasteiger partial charge in [0.05, 0.1) is 5.75 Å². The molecule has 0 amide bonds. The van der Waals surface area contributed by atoms with Gasteiger partial charge in [0.25, 0.3) is 0 Å². The lowest BCUT2D eigenvalue weighted by atomic mass is 9.89. The van der Waals surface area contributed by atoms with E-state index in [1.165, 1.54) is 0 Å². The van der Waals surface area contributed by atoms with Gasteiger partial charge in [-0.2, -0.15) is 0 Å². The lowest BCUT2D eigenvalue weighted by Gasteiger charge is -2.27. The van der Waals surface area contributed by atoms with E-state index < -0.39 is 10.0 Å². The summed E-state index contributed by atoms with van der Waals surface area (Å²) in [6, 6.07) is -0.0240. The van der Waals surface area contributed by atoms with Gasteiger partial charge in [-0.25, -0.2) is 13.1 Å². The normalized spacial score (nSPS) is 15.8. The van der Waals surface area contributed by atoms with Crippen LogP contribution in [0.2, 0.25) is 0 Å². The minimum atomic E-state index is -3.06. The molecule has 0 unspecified atom stereocenters. The van der Waals surface area contributed by atoms with E-state index in [-0.39, 0.29) is 17.2 Å². The first-order chi connectivity index (χ1) is 5.69. The molecule has 3 nitrogen and oxygen atoms in total. The monoisotopic (exact) mass is 207 g/mol. The van der Waals surface area contributed by atoms with Crippen molar-refractivity contribution < 1.29 is 8.42 Å². The lowest BCUT2D eigenvalue weighted by molar-refractivity contribution is 0.317. The molecule has 80 valence electrons. The molecule has 0 saturated heterocycles. The second kappa shape index (κ2) is 4.42. The predicted molar refractivity (Wildman–Crippen MR) is 56.1 cm³/mol. The Kier molecular flexibility index (Phi) is 4.39. The van der Waals surface area contributed by atoms with Gasteiger partial charge in [0.15, 0.2) is 0 Å². The Bertz CT molecular complexity index is 239. The first-order valence-corrected chi connectivity index (χ1v) is 6.34. The standard InChI is InChI=1S/C9H21NO2S/c1-6-7-13(11,12)10-8(2)9(3,4)5/h8,10H,6-7H2,1-5H3/t8-/m1/s1. The third-order valence-corrected chi connectivity index (χ3v) is 3.79. The van der Waals surface area contributed by atoms with Crippen molar-refractivity contribution in [2.24, 2.45) is 5.41 Å². The maximum absolute atomic E-state index is 11.4. The molecule has 0 radical (unpaired) electrons. The lowest BCUT2D eigenvalue weighted by Crippen LogP contribution is -2.42. The highest BCUT2D eigenvalue weighted by Crippen LogP contribution is 2.19. The molecule has 0 aliphatic carbocycles. The second-order valence-corrected chi connectivity index (χ2v) is 6.40. The topological polar surface area (TPSA) is 46.2 Å². The second-order valence-electron chi connectivity index (χ2n) is 4.52. The smallest absolute Gasteiger partial charge is 0.211 e. The largest absolute Gasteiger partial charge is 0.212 e. The molecule has 0 aromatic rings. The van der Waals surface area contributed by atoms with E-state index in [9.17, 15) is 8.42 Å². The Balaban J connectivity index is 4.29. The molecule has 4 heteroatoms. The number of sulfonamides is 1. The van der Waals surface area contributed by atoms with Gasteiger partial charge in [0.2, 0.25) is 10.0 Å². The van der Waals surface area contributed by atoms with Gasteiger partial charge < -0.3 is 0 Å². The molecule has 0 saturated carbocycles. The summed E-state index contributed by atoms with van der Waals surface area (Å²) in [5.74, 6) is 0.216. The van der Waals surface area contributed by atoms with Crippen LogP contribution in [-0.4, -0.2) is 20.2 Å². The van der Waals surface area contributed by atoms with Crippen LogP contribution in [0.1, 0.15) is 41.0 Å². The SMILES string of the molecule is CCCS(=O)(=O)N[C@H](C)C(C)(C)C. The van der Waals surface area contributed by atoms with Crippen LogP contribution in [0, 0.1) is 5.41 Å². The van der Waals surface area contributed by atoms with Gasteiger partial charge in [-0.3, -0.25) is 0 Å². The zero-order valence-corrected chi connectivity index (χ0v) is 10.0. The molecule has 0 aliphatic heterocycles. The van der Waals surface area contributed by atoms with E-state index in [1.807, 2.05) is 34.6 Å². The van der Waals surface area contributed by atoms with Crippen LogP contribution in [0.15, 0.2) is 0 Å². The summed E-state index contributed by atoms with van der Waals surface area (Å²) >= 11 is 0. The number of hydrogen-bond acceptors (Lipinski definition) is 2. The van der Waals surface area contributed by atoms with Crippen LogP contribution in [0.5, 0.6) is 0 Å². The summed E-state index contributed by atoms with van der Waals surface area (Å²) in [6.07, 6.45) is 0.659. The van der Waals surface area contributed by atoms with Crippen molar-refractivity contribution in [2.45, 2.75) is 47.1 Å². The van der Waals surface area contributed by atoms with E-state index in [0.717, 1.165) is 0 Å². The molecule has 1 N–H and O–H groups in total. The molecular weight excluding hydrogens is 186 g/mol. The van der Waals surface area contributed by atoms with Crippen molar-refractivity contribution in [3.8, 4) is 0 Å². The molecule has 0 heterocycles. The Morgan fingerprint density at radius 3 is 2.08 bits per heavy atom. The summed E-state index contributed by atoms with van der Waals surface area (Å²) in [6.45, 7) is 9.82. The molecule has 0 rings (SSSR count).